The highest BCUT2D eigenvalue weighted by Crippen LogP contribution is 2.42. The zero-order chi connectivity index (χ0) is 16.5. The lowest BCUT2D eigenvalue weighted by molar-refractivity contribution is 0.0527. The highest BCUT2D eigenvalue weighted by Gasteiger charge is 2.35. The summed E-state index contributed by atoms with van der Waals surface area (Å²) >= 11 is 0. The first-order chi connectivity index (χ1) is 10.1. The second-order valence-corrected chi connectivity index (χ2v) is 7.69. The quantitative estimate of drug-likeness (QED) is 0.829. The number of rotatable bonds is 4. The standard InChI is InChI=1S/C16H20FO4P/c1-11-9-12(6-7-14(11)17)13-5-4-8-16(2,3)15(13)21-10-22(18,19)20/h4-9,15H,10H2,1-3H3,(H2,18,19,20). The van der Waals surface area contributed by atoms with Crippen molar-refractivity contribution in [2.75, 3.05) is 6.35 Å². The van der Waals surface area contributed by atoms with Crippen LogP contribution in [0.1, 0.15) is 25.0 Å². The molecular formula is C16H20FO4P. The molecule has 1 aliphatic rings. The normalized spacial score (nSPS) is 20.8. The van der Waals surface area contributed by atoms with E-state index in [2.05, 4.69) is 0 Å². The molecule has 0 saturated carbocycles. The monoisotopic (exact) mass is 326 g/mol. The Morgan fingerprint density at radius 2 is 2.05 bits per heavy atom. The maximum absolute atomic E-state index is 13.5. The second kappa shape index (κ2) is 6.09. The molecule has 2 N–H and O–H groups in total. The molecule has 2 rings (SSSR count). The fourth-order valence-corrected chi connectivity index (χ4v) is 2.87. The van der Waals surface area contributed by atoms with Crippen LogP contribution >= 0.6 is 7.60 Å². The van der Waals surface area contributed by atoms with Crippen molar-refractivity contribution in [2.24, 2.45) is 5.41 Å². The number of ether oxygens (including phenoxy) is 1. The molecule has 120 valence electrons. The average Bonchev–Trinajstić information content (AvgIpc) is 2.38. The van der Waals surface area contributed by atoms with Crippen molar-refractivity contribution in [1.82, 2.24) is 0 Å². The van der Waals surface area contributed by atoms with Gasteiger partial charge in [-0.3, -0.25) is 4.57 Å². The van der Waals surface area contributed by atoms with E-state index < -0.39 is 25.5 Å². The lowest BCUT2D eigenvalue weighted by atomic mass is 9.77. The van der Waals surface area contributed by atoms with Gasteiger partial charge in [-0.2, -0.15) is 0 Å². The van der Waals surface area contributed by atoms with Crippen LogP contribution in [-0.4, -0.2) is 22.2 Å². The minimum absolute atomic E-state index is 0.289. The van der Waals surface area contributed by atoms with Crippen LogP contribution in [0.3, 0.4) is 0 Å². The summed E-state index contributed by atoms with van der Waals surface area (Å²) in [5.74, 6) is -0.289. The van der Waals surface area contributed by atoms with Gasteiger partial charge in [-0.15, -0.1) is 0 Å². The predicted molar refractivity (Wildman–Crippen MR) is 83.8 cm³/mol. The van der Waals surface area contributed by atoms with Crippen LogP contribution in [0, 0.1) is 18.2 Å². The largest absolute Gasteiger partial charge is 0.360 e. The third-order valence-corrected chi connectivity index (χ3v) is 4.15. The Balaban J connectivity index is 2.37. The Morgan fingerprint density at radius 1 is 1.36 bits per heavy atom. The Bertz CT molecular complexity index is 673. The van der Waals surface area contributed by atoms with Crippen molar-refractivity contribution >= 4 is 13.2 Å². The molecule has 0 saturated heterocycles. The van der Waals surface area contributed by atoms with E-state index in [1.54, 1.807) is 19.1 Å². The van der Waals surface area contributed by atoms with Gasteiger partial charge in [0, 0.05) is 5.41 Å². The van der Waals surface area contributed by atoms with Crippen LogP contribution in [0.2, 0.25) is 0 Å². The molecule has 0 radical (unpaired) electrons. The van der Waals surface area contributed by atoms with E-state index in [1.807, 2.05) is 32.1 Å². The smallest absolute Gasteiger partial charge is 0.351 e. The van der Waals surface area contributed by atoms with E-state index in [-0.39, 0.29) is 5.82 Å². The molecule has 1 atom stereocenters. The molecule has 1 unspecified atom stereocenters. The lowest BCUT2D eigenvalue weighted by Gasteiger charge is -2.36. The molecule has 0 fully saturated rings. The Labute approximate surface area is 129 Å². The zero-order valence-corrected chi connectivity index (χ0v) is 13.7. The molecule has 0 aliphatic heterocycles. The number of hydrogen-bond donors (Lipinski definition) is 2. The highest BCUT2D eigenvalue weighted by atomic mass is 31.2. The number of hydrogen-bond acceptors (Lipinski definition) is 2. The van der Waals surface area contributed by atoms with Gasteiger partial charge in [0.05, 0.1) is 6.10 Å². The summed E-state index contributed by atoms with van der Waals surface area (Å²) in [7, 11) is -4.26. The summed E-state index contributed by atoms with van der Waals surface area (Å²) in [4.78, 5) is 18.1. The van der Waals surface area contributed by atoms with Crippen molar-refractivity contribution in [3.05, 3.63) is 53.4 Å². The molecule has 0 heterocycles. The van der Waals surface area contributed by atoms with Gasteiger partial charge >= 0.3 is 7.60 Å². The van der Waals surface area contributed by atoms with Gasteiger partial charge in [-0.1, -0.05) is 38.1 Å². The molecule has 22 heavy (non-hydrogen) atoms. The Morgan fingerprint density at radius 3 is 2.64 bits per heavy atom. The van der Waals surface area contributed by atoms with Crippen LogP contribution in [0.4, 0.5) is 4.39 Å². The molecule has 0 bridgehead atoms. The van der Waals surface area contributed by atoms with Crippen LogP contribution < -0.4 is 0 Å². The van der Waals surface area contributed by atoms with Gasteiger partial charge in [0.2, 0.25) is 0 Å². The van der Waals surface area contributed by atoms with Crippen molar-refractivity contribution < 1.29 is 23.5 Å². The van der Waals surface area contributed by atoms with Gasteiger partial charge in [-0.05, 0) is 35.8 Å². The molecule has 6 heteroatoms. The van der Waals surface area contributed by atoms with Crippen molar-refractivity contribution in [3.8, 4) is 0 Å². The number of halogens is 1. The topological polar surface area (TPSA) is 66.8 Å². The highest BCUT2D eigenvalue weighted by molar-refractivity contribution is 7.51. The molecular weight excluding hydrogens is 306 g/mol. The van der Waals surface area contributed by atoms with Gasteiger partial charge in [0.15, 0.2) is 0 Å². The fraction of sp³-hybridized carbons (Fsp3) is 0.375. The average molecular weight is 326 g/mol. The second-order valence-electron chi connectivity index (χ2n) is 6.11. The lowest BCUT2D eigenvalue weighted by Crippen LogP contribution is -2.33. The van der Waals surface area contributed by atoms with Gasteiger partial charge < -0.3 is 14.5 Å². The number of allylic oxidation sites excluding steroid dienone is 2. The molecule has 0 spiro atoms. The van der Waals surface area contributed by atoms with E-state index in [0.29, 0.717) is 5.56 Å². The van der Waals surface area contributed by atoms with Crippen LogP contribution in [-0.2, 0) is 9.30 Å². The zero-order valence-electron chi connectivity index (χ0n) is 12.8. The molecule has 0 amide bonds. The minimum Gasteiger partial charge on any atom is -0.360 e. The maximum atomic E-state index is 13.5. The summed E-state index contributed by atoms with van der Waals surface area (Å²) in [6.07, 6.45) is 4.48. The van der Waals surface area contributed by atoms with Crippen LogP contribution in [0.25, 0.3) is 5.57 Å². The number of benzene rings is 1. The minimum atomic E-state index is -4.26. The molecule has 4 nitrogen and oxygen atoms in total. The van der Waals surface area contributed by atoms with E-state index in [4.69, 9.17) is 14.5 Å². The molecule has 1 aromatic rings. The third kappa shape index (κ3) is 3.93. The number of aryl methyl sites for hydroxylation is 1. The van der Waals surface area contributed by atoms with Crippen molar-refractivity contribution in [2.45, 2.75) is 26.9 Å². The SMILES string of the molecule is Cc1cc(C2=CC=CC(C)(C)C2OCP(=O)(O)O)ccc1F. The molecule has 1 aromatic carbocycles. The van der Waals surface area contributed by atoms with E-state index in [9.17, 15) is 8.96 Å². The van der Waals surface area contributed by atoms with E-state index in [0.717, 1.165) is 11.1 Å². The first kappa shape index (κ1) is 17.1. The summed E-state index contributed by atoms with van der Waals surface area (Å²) in [5, 5.41) is 0. The summed E-state index contributed by atoms with van der Waals surface area (Å²) in [5.41, 5.74) is 1.65. The van der Waals surface area contributed by atoms with Crippen molar-refractivity contribution in [3.63, 3.8) is 0 Å². The third-order valence-electron chi connectivity index (χ3n) is 3.66. The maximum Gasteiger partial charge on any atom is 0.351 e. The summed E-state index contributed by atoms with van der Waals surface area (Å²) < 4.78 is 30.1. The first-order valence-electron chi connectivity index (χ1n) is 6.92. The van der Waals surface area contributed by atoms with Crippen LogP contribution in [0.5, 0.6) is 0 Å². The van der Waals surface area contributed by atoms with E-state index in [1.165, 1.54) is 6.07 Å². The van der Waals surface area contributed by atoms with Gasteiger partial charge in [0.25, 0.3) is 0 Å². The Kier molecular flexibility index (Phi) is 4.73. The summed E-state index contributed by atoms with van der Waals surface area (Å²) in [6, 6.07) is 4.75. The van der Waals surface area contributed by atoms with Gasteiger partial charge in [-0.25, -0.2) is 4.39 Å². The van der Waals surface area contributed by atoms with Crippen molar-refractivity contribution in [1.29, 1.82) is 0 Å². The molecule has 0 aromatic heterocycles. The predicted octanol–water partition coefficient (Wildman–Crippen LogP) is 3.63. The Hall–Kier alpha value is -1.26. The van der Waals surface area contributed by atoms with E-state index >= 15 is 0 Å². The van der Waals surface area contributed by atoms with Gasteiger partial charge in [0.1, 0.15) is 12.2 Å². The van der Waals surface area contributed by atoms with Crippen LogP contribution in [0.15, 0.2) is 36.4 Å². The molecule has 1 aliphatic carbocycles. The fourth-order valence-electron chi connectivity index (χ4n) is 2.52. The summed E-state index contributed by atoms with van der Waals surface area (Å²) in [6.45, 7) is 5.53. The first-order valence-corrected chi connectivity index (χ1v) is 8.72.